The Labute approximate surface area is 183 Å². The third-order valence-electron chi connectivity index (χ3n) is 5.27. The molecular weight excluding hydrogens is 419 g/mol. The van der Waals surface area contributed by atoms with Gasteiger partial charge in [-0.2, -0.15) is 0 Å². The number of amides is 2. The zero-order valence-electron chi connectivity index (χ0n) is 17.3. The first kappa shape index (κ1) is 21.0. The van der Waals surface area contributed by atoms with Crippen LogP contribution in [-0.2, 0) is 9.59 Å². The molecule has 0 unspecified atom stereocenters. The number of aromatic nitrogens is 1. The molecule has 2 N–H and O–H groups in total. The average molecular weight is 443 g/mol. The van der Waals surface area contributed by atoms with Gasteiger partial charge in [-0.3, -0.25) is 9.59 Å². The number of nitrogens with one attached hydrogen (secondary N) is 2. The van der Waals surface area contributed by atoms with Crippen molar-refractivity contribution in [1.82, 2.24) is 4.98 Å². The Kier molecular flexibility index (Phi) is 6.03. The van der Waals surface area contributed by atoms with Gasteiger partial charge in [0.25, 0.3) is 0 Å². The number of ether oxygens (including phenoxy) is 1. The minimum Gasteiger partial charge on any atom is -0.495 e. The van der Waals surface area contributed by atoms with E-state index in [1.165, 1.54) is 31.4 Å². The summed E-state index contributed by atoms with van der Waals surface area (Å²) >= 11 is 1.46. The molecule has 4 rings (SSSR count). The van der Waals surface area contributed by atoms with Gasteiger partial charge in [0.2, 0.25) is 11.8 Å². The van der Waals surface area contributed by atoms with Crippen LogP contribution in [0.2, 0.25) is 0 Å². The quantitative estimate of drug-likeness (QED) is 0.617. The second-order valence-electron chi connectivity index (χ2n) is 7.43. The lowest BCUT2D eigenvalue weighted by molar-refractivity contribution is -0.120. The fraction of sp³-hybridized carbons (Fsp3) is 0.318. The number of benzene rings is 2. The number of para-hydroxylation sites is 1. The summed E-state index contributed by atoms with van der Waals surface area (Å²) < 4.78 is 20.1. The maximum Gasteiger partial charge on any atom is 0.227 e. The number of rotatable bonds is 5. The minimum atomic E-state index is -0.315. The first-order valence-electron chi connectivity index (χ1n) is 10.0. The lowest BCUT2D eigenvalue weighted by Crippen LogP contribution is -2.38. The molecule has 3 aromatic rings. The maximum absolute atomic E-state index is 13.9. The molecule has 0 spiro atoms. The van der Waals surface area contributed by atoms with Crippen LogP contribution in [-0.4, -0.2) is 37.0 Å². The normalized spacial score (nSPS) is 14.5. The molecule has 1 saturated heterocycles. The van der Waals surface area contributed by atoms with E-state index in [0.29, 0.717) is 48.6 Å². The Morgan fingerprint density at radius 3 is 2.65 bits per heavy atom. The van der Waals surface area contributed by atoms with Gasteiger partial charge in [-0.05, 0) is 43.2 Å². The lowest BCUT2D eigenvalue weighted by atomic mass is 9.96. The molecule has 1 fully saturated rings. The zero-order chi connectivity index (χ0) is 22.0. The highest BCUT2D eigenvalue weighted by Crippen LogP contribution is 2.33. The van der Waals surface area contributed by atoms with Crippen LogP contribution in [0.25, 0.3) is 10.2 Å². The van der Waals surface area contributed by atoms with Crippen molar-refractivity contribution in [3.63, 3.8) is 0 Å². The Morgan fingerprint density at radius 2 is 1.97 bits per heavy atom. The number of hydrogen-bond donors (Lipinski definition) is 2. The molecule has 2 amide bonds. The molecular formula is C22H23FN4O3S. The molecule has 2 heterocycles. The average Bonchev–Trinajstić information content (AvgIpc) is 3.19. The summed E-state index contributed by atoms with van der Waals surface area (Å²) in [5.41, 5.74) is 1.50. The van der Waals surface area contributed by atoms with Crippen LogP contribution in [0, 0.1) is 11.7 Å². The molecule has 7 nitrogen and oxygen atoms in total. The molecule has 1 aromatic heterocycles. The highest BCUT2D eigenvalue weighted by molar-refractivity contribution is 7.22. The molecule has 1 aliphatic heterocycles. The van der Waals surface area contributed by atoms with Crippen molar-refractivity contribution in [2.75, 3.05) is 35.7 Å². The Bertz CT molecular complexity index is 1130. The van der Waals surface area contributed by atoms with E-state index in [1.54, 1.807) is 24.3 Å². The number of hydrogen-bond acceptors (Lipinski definition) is 6. The van der Waals surface area contributed by atoms with E-state index in [4.69, 9.17) is 4.74 Å². The third-order valence-corrected chi connectivity index (χ3v) is 6.35. The van der Waals surface area contributed by atoms with Gasteiger partial charge in [-0.25, -0.2) is 9.37 Å². The predicted molar refractivity (Wildman–Crippen MR) is 120 cm³/mol. The molecule has 162 valence electrons. The molecule has 0 aliphatic carbocycles. The molecule has 31 heavy (non-hydrogen) atoms. The molecule has 0 bridgehead atoms. The number of fused-ring (bicyclic) bond motifs is 1. The summed E-state index contributed by atoms with van der Waals surface area (Å²) in [5.74, 6) is -0.226. The summed E-state index contributed by atoms with van der Waals surface area (Å²) in [6.07, 6.45) is 1.33. The number of carbonyl (C=O) groups is 2. The SMILES string of the molecule is COc1ccc(NC(C)=O)cc1NC(=O)C1CCN(c2nc3c(F)cccc3s2)CC1. The molecule has 0 atom stereocenters. The van der Waals surface area contributed by atoms with Gasteiger partial charge in [0, 0.05) is 31.6 Å². The molecule has 1 aliphatic rings. The molecule has 2 aromatic carbocycles. The highest BCUT2D eigenvalue weighted by atomic mass is 32.1. The van der Waals surface area contributed by atoms with Crippen molar-refractivity contribution < 1.29 is 18.7 Å². The Hall–Kier alpha value is -3.20. The third kappa shape index (κ3) is 4.61. The number of thiazole rings is 1. The summed E-state index contributed by atoms with van der Waals surface area (Å²) in [4.78, 5) is 30.7. The fourth-order valence-corrected chi connectivity index (χ4v) is 4.72. The number of methoxy groups -OCH3 is 1. The van der Waals surface area contributed by atoms with Crippen LogP contribution in [0.3, 0.4) is 0 Å². The fourth-order valence-electron chi connectivity index (χ4n) is 3.69. The van der Waals surface area contributed by atoms with Gasteiger partial charge in [0.1, 0.15) is 17.1 Å². The second kappa shape index (κ2) is 8.89. The number of piperidine rings is 1. The number of nitrogens with zero attached hydrogens (tertiary/aromatic N) is 2. The van der Waals surface area contributed by atoms with E-state index < -0.39 is 0 Å². The Morgan fingerprint density at radius 1 is 1.19 bits per heavy atom. The lowest BCUT2D eigenvalue weighted by Gasteiger charge is -2.31. The van der Waals surface area contributed by atoms with Crippen molar-refractivity contribution in [2.45, 2.75) is 19.8 Å². The number of halogens is 1. The van der Waals surface area contributed by atoms with Crippen LogP contribution < -0.4 is 20.3 Å². The van der Waals surface area contributed by atoms with Crippen molar-refractivity contribution >= 4 is 49.9 Å². The van der Waals surface area contributed by atoms with Gasteiger partial charge < -0.3 is 20.3 Å². The monoisotopic (exact) mass is 442 g/mol. The second-order valence-corrected chi connectivity index (χ2v) is 8.44. The van der Waals surface area contributed by atoms with E-state index in [1.807, 2.05) is 6.07 Å². The summed E-state index contributed by atoms with van der Waals surface area (Å²) in [6.45, 7) is 2.77. The van der Waals surface area contributed by atoms with Gasteiger partial charge in [0.05, 0.1) is 17.5 Å². The van der Waals surface area contributed by atoms with E-state index >= 15 is 0 Å². The van der Waals surface area contributed by atoms with E-state index in [0.717, 1.165) is 9.83 Å². The Balaban J connectivity index is 1.41. The van der Waals surface area contributed by atoms with E-state index in [9.17, 15) is 14.0 Å². The predicted octanol–water partition coefficient (Wildman–Crippen LogP) is 4.26. The first-order chi connectivity index (χ1) is 14.9. The van der Waals surface area contributed by atoms with E-state index in [2.05, 4.69) is 20.5 Å². The summed E-state index contributed by atoms with van der Waals surface area (Å²) in [6, 6.07) is 10.1. The van der Waals surface area contributed by atoms with Crippen molar-refractivity contribution in [1.29, 1.82) is 0 Å². The minimum absolute atomic E-state index is 0.0896. The zero-order valence-corrected chi connectivity index (χ0v) is 18.1. The molecule has 0 saturated carbocycles. The van der Waals surface area contributed by atoms with Gasteiger partial charge in [0.15, 0.2) is 5.13 Å². The topological polar surface area (TPSA) is 83.6 Å². The van der Waals surface area contributed by atoms with Crippen molar-refractivity contribution in [3.8, 4) is 5.75 Å². The van der Waals surface area contributed by atoms with Crippen LogP contribution >= 0.6 is 11.3 Å². The summed E-state index contributed by atoms with van der Waals surface area (Å²) in [5, 5.41) is 6.42. The van der Waals surface area contributed by atoms with Crippen LogP contribution in [0.5, 0.6) is 5.75 Å². The largest absolute Gasteiger partial charge is 0.495 e. The first-order valence-corrected chi connectivity index (χ1v) is 10.8. The number of anilines is 3. The molecule has 9 heteroatoms. The maximum atomic E-state index is 13.9. The highest BCUT2D eigenvalue weighted by Gasteiger charge is 2.27. The van der Waals surface area contributed by atoms with Crippen LogP contribution in [0.4, 0.5) is 20.9 Å². The molecule has 0 radical (unpaired) electrons. The van der Waals surface area contributed by atoms with Crippen molar-refractivity contribution in [2.24, 2.45) is 5.92 Å². The van der Waals surface area contributed by atoms with Crippen LogP contribution in [0.15, 0.2) is 36.4 Å². The van der Waals surface area contributed by atoms with Gasteiger partial charge in [-0.15, -0.1) is 0 Å². The van der Waals surface area contributed by atoms with E-state index in [-0.39, 0.29) is 23.5 Å². The van der Waals surface area contributed by atoms with Crippen molar-refractivity contribution in [3.05, 3.63) is 42.2 Å². The van der Waals surface area contributed by atoms with Gasteiger partial charge >= 0.3 is 0 Å². The summed E-state index contributed by atoms with van der Waals surface area (Å²) in [7, 11) is 1.53. The number of carbonyl (C=O) groups excluding carboxylic acids is 2. The standard InChI is InChI=1S/C22H23FN4O3S/c1-13(28)24-15-6-7-18(30-2)17(12-15)25-21(29)14-8-10-27(11-9-14)22-26-20-16(23)4-3-5-19(20)31-22/h3-7,12,14H,8-11H2,1-2H3,(H,24,28)(H,25,29). The van der Waals surface area contributed by atoms with Gasteiger partial charge in [-0.1, -0.05) is 17.4 Å². The smallest absolute Gasteiger partial charge is 0.227 e. The van der Waals surface area contributed by atoms with Crippen LogP contribution in [0.1, 0.15) is 19.8 Å².